The second-order valence-corrected chi connectivity index (χ2v) is 5.51. The van der Waals surface area contributed by atoms with Crippen LogP contribution in [0.25, 0.3) is 11.4 Å². The van der Waals surface area contributed by atoms with E-state index in [1.165, 1.54) is 0 Å². The quantitative estimate of drug-likeness (QED) is 0.872. The molecular formula is C16H17N3O3. The molecule has 3 rings (SSSR count). The van der Waals surface area contributed by atoms with E-state index in [9.17, 15) is 15.0 Å². The van der Waals surface area contributed by atoms with Crippen molar-refractivity contribution >= 4 is 5.91 Å². The molecule has 1 amide bonds. The molecule has 0 radical (unpaired) electrons. The van der Waals surface area contributed by atoms with E-state index in [2.05, 4.69) is 9.97 Å². The van der Waals surface area contributed by atoms with Gasteiger partial charge in [-0.3, -0.25) is 4.79 Å². The van der Waals surface area contributed by atoms with E-state index in [-0.39, 0.29) is 19.1 Å². The number of hydrogen-bond acceptors (Lipinski definition) is 5. The summed E-state index contributed by atoms with van der Waals surface area (Å²) < 4.78 is 0. The van der Waals surface area contributed by atoms with Crippen molar-refractivity contribution < 1.29 is 15.0 Å². The average molecular weight is 299 g/mol. The summed E-state index contributed by atoms with van der Waals surface area (Å²) in [6.07, 6.45) is 3.69. The highest BCUT2D eigenvalue weighted by atomic mass is 16.3. The van der Waals surface area contributed by atoms with Crippen molar-refractivity contribution in [2.75, 3.05) is 19.7 Å². The lowest BCUT2D eigenvalue weighted by Crippen LogP contribution is -2.38. The van der Waals surface area contributed by atoms with Crippen molar-refractivity contribution in [3.05, 3.63) is 48.3 Å². The Bertz CT molecular complexity index is 677. The van der Waals surface area contributed by atoms with Crippen LogP contribution < -0.4 is 0 Å². The Kier molecular flexibility index (Phi) is 3.87. The van der Waals surface area contributed by atoms with Gasteiger partial charge in [-0.1, -0.05) is 12.1 Å². The van der Waals surface area contributed by atoms with Crippen molar-refractivity contribution in [2.24, 2.45) is 0 Å². The Hall–Kier alpha value is -2.31. The monoisotopic (exact) mass is 299 g/mol. The molecule has 0 unspecified atom stereocenters. The second-order valence-electron chi connectivity index (χ2n) is 5.51. The summed E-state index contributed by atoms with van der Waals surface area (Å²) in [6, 6.07) is 8.84. The third-order valence-corrected chi connectivity index (χ3v) is 3.85. The molecule has 0 spiro atoms. The Balaban J connectivity index is 1.83. The minimum absolute atomic E-state index is 0.147. The van der Waals surface area contributed by atoms with Gasteiger partial charge in [0, 0.05) is 30.1 Å². The van der Waals surface area contributed by atoms with Crippen LogP contribution in [-0.2, 0) is 0 Å². The minimum Gasteiger partial charge on any atom is -0.393 e. The number of aromatic nitrogens is 2. The lowest BCUT2D eigenvalue weighted by molar-refractivity contribution is -0.00455. The van der Waals surface area contributed by atoms with Crippen LogP contribution in [0.4, 0.5) is 0 Å². The first kappa shape index (κ1) is 14.6. The molecule has 1 aliphatic rings. The van der Waals surface area contributed by atoms with Crippen molar-refractivity contribution in [1.82, 2.24) is 14.9 Å². The largest absolute Gasteiger partial charge is 0.393 e. The number of rotatable bonds is 3. The number of nitrogens with zero attached hydrogens (tertiary/aromatic N) is 3. The smallest absolute Gasteiger partial charge is 0.253 e. The summed E-state index contributed by atoms with van der Waals surface area (Å²) >= 11 is 0. The van der Waals surface area contributed by atoms with Gasteiger partial charge in [0.1, 0.15) is 5.60 Å². The fraction of sp³-hybridized carbons (Fsp3) is 0.312. The number of aliphatic hydroxyl groups excluding tert-OH is 1. The van der Waals surface area contributed by atoms with Gasteiger partial charge in [-0.2, -0.15) is 0 Å². The van der Waals surface area contributed by atoms with E-state index in [1.807, 2.05) is 6.07 Å². The molecule has 1 fully saturated rings. The molecule has 6 heteroatoms. The summed E-state index contributed by atoms with van der Waals surface area (Å²) in [4.78, 5) is 22.4. The van der Waals surface area contributed by atoms with Crippen LogP contribution in [0, 0.1) is 0 Å². The first-order valence-corrected chi connectivity index (χ1v) is 7.11. The molecule has 2 aromatic rings. The Morgan fingerprint density at radius 3 is 2.73 bits per heavy atom. The third-order valence-electron chi connectivity index (χ3n) is 3.85. The Morgan fingerprint density at radius 1 is 1.27 bits per heavy atom. The highest BCUT2D eigenvalue weighted by molar-refractivity contribution is 5.95. The van der Waals surface area contributed by atoms with Crippen LogP contribution in [-0.4, -0.2) is 56.3 Å². The number of carbonyl (C=O) groups excluding carboxylic acids is 1. The lowest BCUT2D eigenvalue weighted by atomic mass is 10.1. The molecule has 1 aliphatic heterocycles. The number of amides is 1. The molecular weight excluding hydrogens is 282 g/mol. The Labute approximate surface area is 128 Å². The van der Waals surface area contributed by atoms with Crippen LogP contribution in [0.2, 0.25) is 0 Å². The molecule has 2 N–H and O–H groups in total. The third kappa shape index (κ3) is 2.84. The molecule has 2 heterocycles. The summed E-state index contributed by atoms with van der Waals surface area (Å²) in [5.41, 5.74) is 0.103. The SMILES string of the molecule is O=C(c1cccc(-c2ncccn2)c1)N1CC[C@](O)(CO)C1. The van der Waals surface area contributed by atoms with Crippen molar-refractivity contribution in [1.29, 1.82) is 0 Å². The summed E-state index contributed by atoms with van der Waals surface area (Å²) in [5.74, 6) is 0.396. The van der Waals surface area contributed by atoms with Crippen LogP contribution in [0.15, 0.2) is 42.7 Å². The predicted molar refractivity (Wildman–Crippen MR) is 80.0 cm³/mol. The lowest BCUT2D eigenvalue weighted by Gasteiger charge is -2.21. The minimum atomic E-state index is -1.18. The molecule has 6 nitrogen and oxygen atoms in total. The van der Waals surface area contributed by atoms with Gasteiger partial charge in [0.2, 0.25) is 0 Å². The molecule has 0 saturated carbocycles. The van der Waals surface area contributed by atoms with Crippen LogP contribution in [0.3, 0.4) is 0 Å². The number of hydrogen-bond donors (Lipinski definition) is 2. The highest BCUT2D eigenvalue weighted by Crippen LogP contribution is 2.23. The van der Waals surface area contributed by atoms with Gasteiger partial charge in [-0.05, 0) is 24.6 Å². The molecule has 1 aromatic carbocycles. The van der Waals surface area contributed by atoms with Gasteiger partial charge in [-0.25, -0.2) is 9.97 Å². The van der Waals surface area contributed by atoms with Gasteiger partial charge in [0.05, 0.1) is 13.2 Å². The van der Waals surface area contributed by atoms with E-state index in [0.717, 1.165) is 5.56 Å². The second kappa shape index (κ2) is 5.82. The number of β-amino-alcohol motifs (C(OH)–C–C–N with tert-alkyl or cyclic N) is 1. The highest BCUT2D eigenvalue weighted by Gasteiger charge is 2.37. The van der Waals surface area contributed by atoms with E-state index < -0.39 is 5.60 Å². The fourth-order valence-electron chi connectivity index (χ4n) is 2.58. The maximum Gasteiger partial charge on any atom is 0.253 e. The normalized spacial score (nSPS) is 21.1. The van der Waals surface area contributed by atoms with Crippen LogP contribution in [0.5, 0.6) is 0 Å². The van der Waals surface area contributed by atoms with Crippen molar-refractivity contribution in [3.63, 3.8) is 0 Å². The van der Waals surface area contributed by atoms with Gasteiger partial charge >= 0.3 is 0 Å². The number of aliphatic hydroxyl groups is 2. The summed E-state index contributed by atoms with van der Waals surface area (Å²) in [5, 5.41) is 19.2. The maximum atomic E-state index is 12.5. The zero-order valence-corrected chi connectivity index (χ0v) is 12.0. The van der Waals surface area contributed by atoms with Crippen molar-refractivity contribution in [2.45, 2.75) is 12.0 Å². The number of carbonyl (C=O) groups is 1. The molecule has 0 bridgehead atoms. The van der Waals surface area contributed by atoms with Crippen LogP contribution in [0.1, 0.15) is 16.8 Å². The first-order valence-electron chi connectivity index (χ1n) is 7.11. The topological polar surface area (TPSA) is 86.6 Å². The standard InChI is InChI=1S/C16H17N3O3/c20-11-16(22)5-8-19(10-16)15(21)13-4-1-3-12(9-13)14-17-6-2-7-18-14/h1-4,6-7,9,20,22H,5,8,10-11H2/t16-/m1/s1. The van der Waals surface area contributed by atoms with Gasteiger partial charge in [0.25, 0.3) is 5.91 Å². The molecule has 1 aromatic heterocycles. The Morgan fingerprint density at radius 2 is 2.05 bits per heavy atom. The van der Waals surface area contributed by atoms with Crippen LogP contribution >= 0.6 is 0 Å². The molecule has 0 aliphatic carbocycles. The molecule has 22 heavy (non-hydrogen) atoms. The first-order chi connectivity index (χ1) is 10.6. The zero-order valence-electron chi connectivity index (χ0n) is 12.0. The summed E-state index contributed by atoms with van der Waals surface area (Å²) in [7, 11) is 0. The maximum absolute atomic E-state index is 12.5. The number of benzene rings is 1. The van der Waals surface area contributed by atoms with E-state index >= 15 is 0 Å². The number of likely N-dealkylation sites (tertiary alicyclic amines) is 1. The molecule has 1 atom stereocenters. The van der Waals surface area contributed by atoms with E-state index in [4.69, 9.17) is 0 Å². The predicted octanol–water partition coefficient (Wildman–Crippen LogP) is 0.713. The van der Waals surface area contributed by atoms with E-state index in [0.29, 0.717) is 24.4 Å². The zero-order chi connectivity index (χ0) is 15.6. The van der Waals surface area contributed by atoms with Crippen molar-refractivity contribution in [3.8, 4) is 11.4 Å². The van der Waals surface area contributed by atoms with Gasteiger partial charge in [-0.15, -0.1) is 0 Å². The molecule has 114 valence electrons. The van der Waals surface area contributed by atoms with Gasteiger partial charge in [0.15, 0.2) is 5.82 Å². The fourth-order valence-corrected chi connectivity index (χ4v) is 2.58. The average Bonchev–Trinajstić information content (AvgIpc) is 2.98. The molecule has 1 saturated heterocycles. The summed E-state index contributed by atoms with van der Waals surface area (Å²) in [6.45, 7) is 0.241. The van der Waals surface area contributed by atoms with E-state index in [1.54, 1.807) is 41.6 Å². The van der Waals surface area contributed by atoms with Gasteiger partial charge < -0.3 is 15.1 Å².